The second-order valence-electron chi connectivity index (χ2n) is 5.01. The summed E-state index contributed by atoms with van der Waals surface area (Å²) >= 11 is 0. The summed E-state index contributed by atoms with van der Waals surface area (Å²) < 4.78 is 23.9. The van der Waals surface area contributed by atoms with Crippen molar-refractivity contribution in [3.05, 3.63) is 40.8 Å². The lowest BCUT2D eigenvalue weighted by Crippen LogP contribution is -2.44. The summed E-state index contributed by atoms with van der Waals surface area (Å²) in [6.07, 6.45) is 1.01. The highest BCUT2D eigenvalue weighted by molar-refractivity contribution is 7.89. The zero-order chi connectivity index (χ0) is 15.5. The van der Waals surface area contributed by atoms with Crippen LogP contribution in [-0.2, 0) is 20.3 Å². The maximum absolute atomic E-state index is 12.6. The Morgan fingerprint density at radius 1 is 1.24 bits per heavy atom. The first-order valence-electron chi connectivity index (χ1n) is 7.17. The third-order valence-electron chi connectivity index (χ3n) is 3.47. The average molecular weight is 310 g/mol. The highest BCUT2D eigenvalue weighted by Crippen LogP contribution is 2.37. The normalized spacial score (nSPS) is 22.1. The summed E-state index contributed by atoms with van der Waals surface area (Å²) in [6.45, 7) is 6.54. The zero-order valence-corrected chi connectivity index (χ0v) is 13.5. The lowest BCUT2D eigenvalue weighted by molar-refractivity contribution is -0.262. The first kappa shape index (κ1) is 16.4. The van der Waals surface area contributed by atoms with E-state index in [4.69, 9.17) is 9.47 Å². The van der Waals surface area contributed by atoms with E-state index in [0.29, 0.717) is 24.5 Å². The molecule has 0 aromatic heterocycles. The van der Waals surface area contributed by atoms with Crippen LogP contribution in [0.15, 0.2) is 40.1 Å². The number of hydrogen-bond donors (Lipinski definition) is 1. The Balaban J connectivity index is 2.20. The average Bonchev–Trinajstić information content (AvgIpc) is 2.77. The molecule has 0 radical (unpaired) electrons. The van der Waals surface area contributed by atoms with Gasteiger partial charge < -0.3 is 14.6 Å². The monoisotopic (exact) mass is 310 g/mol. The Kier molecular flexibility index (Phi) is 5.32. The Bertz CT molecular complexity index is 530. The molecule has 1 aromatic carbocycles. The molecule has 0 saturated heterocycles. The number of aliphatic hydroxyl groups excluding tert-OH is 1. The van der Waals surface area contributed by atoms with Crippen molar-refractivity contribution < 1.29 is 18.8 Å². The van der Waals surface area contributed by atoms with Crippen molar-refractivity contribution >= 4 is 10.8 Å². The lowest BCUT2D eigenvalue weighted by atomic mass is 10.2. The van der Waals surface area contributed by atoms with Crippen LogP contribution in [0.1, 0.15) is 25.8 Å². The van der Waals surface area contributed by atoms with Gasteiger partial charge in [0.25, 0.3) is 0 Å². The molecule has 0 bridgehead atoms. The SMILES string of the molecule is CCOC1(OCC)CC(S(=O)c2ccc(C)cc2)=C[C@@H]1O. The molecule has 0 heterocycles. The van der Waals surface area contributed by atoms with Crippen molar-refractivity contribution in [2.45, 2.75) is 44.0 Å². The summed E-state index contributed by atoms with van der Waals surface area (Å²) in [5.74, 6) is -1.10. The fourth-order valence-electron chi connectivity index (χ4n) is 2.45. The van der Waals surface area contributed by atoms with Crippen molar-refractivity contribution in [3.8, 4) is 0 Å². The fraction of sp³-hybridized carbons (Fsp3) is 0.500. The maximum Gasteiger partial charge on any atom is 0.202 e. The Morgan fingerprint density at radius 2 is 1.81 bits per heavy atom. The van der Waals surface area contributed by atoms with E-state index in [1.807, 2.05) is 45.0 Å². The van der Waals surface area contributed by atoms with Gasteiger partial charge >= 0.3 is 0 Å². The van der Waals surface area contributed by atoms with Gasteiger partial charge in [-0.05, 0) is 39.0 Å². The molecular formula is C16H22O4S. The van der Waals surface area contributed by atoms with Crippen LogP contribution < -0.4 is 0 Å². The van der Waals surface area contributed by atoms with Crippen LogP contribution in [0, 0.1) is 6.92 Å². The topological polar surface area (TPSA) is 55.8 Å². The highest BCUT2D eigenvalue weighted by atomic mass is 32.2. The molecular weight excluding hydrogens is 288 g/mol. The van der Waals surface area contributed by atoms with Crippen LogP contribution in [0.2, 0.25) is 0 Å². The van der Waals surface area contributed by atoms with Gasteiger partial charge in [-0.15, -0.1) is 0 Å². The van der Waals surface area contributed by atoms with Crippen molar-refractivity contribution in [2.75, 3.05) is 13.2 Å². The van der Waals surface area contributed by atoms with Gasteiger partial charge in [0, 0.05) is 29.4 Å². The predicted octanol–water partition coefficient (Wildman–Crippen LogP) is 2.52. The molecule has 4 nitrogen and oxygen atoms in total. The minimum atomic E-state index is -1.30. The van der Waals surface area contributed by atoms with Crippen LogP contribution in [0.4, 0.5) is 0 Å². The van der Waals surface area contributed by atoms with E-state index in [2.05, 4.69) is 0 Å². The Hall–Kier alpha value is -1.01. The number of aryl methyl sites for hydroxylation is 1. The molecule has 5 heteroatoms. The molecule has 21 heavy (non-hydrogen) atoms. The first-order valence-corrected chi connectivity index (χ1v) is 8.32. The highest BCUT2D eigenvalue weighted by Gasteiger charge is 2.45. The number of benzene rings is 1. The molecule has 1 aliphatic carbocycles. The second-order valence-corrected chi connectivity index (χ2v) is 6.55. The molecule has 0 spiro atoms. The van der Waals surface area contributed by atoms with Crippen LogP contribution in [0.25, 0.3) is 0 Å². The van der Waals surface area contributed by atoms with Crippen molar-refractivity contribution in [3.63, 3.8) is 0 Å². The fourth-order valence-corrected chi connectivity index (χ4v) is 3.72. The van der Waals surface area contributed by atoms with Crippen LogP contribution >= 0.6 is 0 Å². The van der Waals surface area contributed by atoms with Gasteiger partial charge in [0.05, 0.1) is 10.8 Å². The summed E-state index contributed by atoms with van der Waals surface area (Å²) in [6, 6.07) is 7.55. The van der Waals surface area contributed by atoms with E-state index in [-0.39, 0.29) is 0 Å². The second kappa shape index (κ2) is 6.83. The maximum atomic E-state index is 12.6. The number of ether oxygens (including phenoxy) is 2. The molecule has 1 unspecified atom stereocenters. The zero-order valence-electron chi connectivity index (χ0n) is 12.7. The molecule has 1 aliphatic rings. The number of hydrogen-bond acceptors (Lipinski definition) is 4. The molecule has 1 N–H and O–H groups in total. The van der Waals surface area contributed by atoms with E-state index < -0.39 is 22.7 Å². The molecule has 0 fully saturated rings. The summed E-state index contributed by atoms with van der Waals surface area (Å²) in [5.41, 5.74) is 1.12. The first-order chi connectivity index (χ1) is 10.0. The smallest absolute Gasteiger partial charge is 0.202 e. The van der Waals surface area contributed by atoms with Crippen LogP contribution in [0.5, 0.6) is 0 Å². The van der Waals surface area contributed by atoms with Gasteiger partial charge in [0.2, 0.25) is 5.79 Å². The Morgan fingerprint density at radius 3 is 2.33 bits per heavy atom. The number of aliphatic hydroxyl groups is 1. The van der Waals surface area contributed by atoms with E-state index in [0.717, 1.165) is 10.5 Å². The molecule has 0 saturated carbocycles. The Labute approximate surface area is 128 Å². The van der Waals surface area contributed by atoms with Crippen LogP contribution in [-0.4, -0.2) is 34.4 Å². The van der Waals surface area contributed by atoms with E-state index in [1.54, 1.807) is 6.08 Å². The van der Waals surface area contributed by atoms with Crippen molar-refractivity contribution in [1.29, 1.82) is 0 Å². The lowest BCUT2D eigenvalue weighted by Gasteiger charge is -2.32. The third kappa shape index (κ3) is 3.43. The summed E-state index contributed by atoms with van der Waals surface area (Å²) in [7, 11) is -1.30. The summed E-state index contributed by atoms with van der Waals surface area (Å²) in [5, 5.41) is 10.3. The van der Waals surface area contributed by atoms with Gasteiger partial charge in [-0.1, -0.05) is 17.7 Å². The van der Waals surface area contributed by atoms with E-state index >= 15 is 0 Å². The largest absolute Gasteiger partial charge is 0.383 e. The summed E-state index contributed by atoms with van der Waals surface area (Å²) in [4.78, 5) is 1.37. The molecule has 2 atom stereocenters. The standard InChI is InChI=1S/C16H22O4S/c1-4-19-16(20-5-2)11-14(10-15(16)17)21(18)13-8-6-12(3)7-9-13/h6-10,15,17H,4-5,11H2,1-3H3/t15-,21?/m0/s1. The van der Waals surface area contributed by atoms with Gasteiger partial charge in [-0.2, -0.15) is 0 Å². The van der Waals surface area contributed by atoms with Gasteiger partial charge in [-0.3, -0.25) is 0 Å². The van der Waals surface area contributed by atoms with Crippen molar-refractivity contribution in [1.82, 2.24) is 0 Å². The van der Waals surface area contributed by atoms with Crippen LogP contribution in [0.3, 0.4) is 0 Å². The molecule has 2 rings (SSSR count). The predicted molar refractivity (Wildman–Crippen MR) is 82.3 cm³/mol. The number of rotatable bonds is 6. The minimum Gasteiger partial charge on any atom is -0.383 e. The van der Waals surface area contributed by atoms with Crippen molar-refractivity contribution in [2.24, 2.45) is 0 Å². The molecule has 0 aliphatic heterocycles. The van der Waals surface area contributed by atoms with Gasteiger partial charge in [0.1, 0.15) is 6.10 Å². The third-order valence-corrected chi connectivity index (χ3v) is 4.92. The van der Waals surface area contributed by atoms with E-state index in [1.165, 1.54) is 0 Å². The van der Waals surface area contributed by atoms with E-state index in [9.17, 15) is 9.32 Å². The van der Waals surface area contributed by atoms with Gasteiger partial charge in [-0.25, -0.2) is 4.21 Å². The molecule has 0 amide bonds. The van der Waals surface area contributed by atoms with Gasteiger partial charge in [0.15, 0.2) is 0 Å². The molecule has 116 valence electrons. The quantitative estimate of drug-likeness (QED) is 0.820. The minimum absolute atomic E-state index is 0.316. The molecule has 1 aromatic rings.